The first-order valence-electron chi connectivity index (χ1n) is 13.1. The Balaban J connectivity index is 1.50. The van der Waals surface area contributed by atoms with Gasteiger partial charge < -0.3 is 29.8 Å². The molecule has 1 fully saturated rings. The molecular formula is C29H29F2N5O6. The number of amidine groups is 1. The third-order valence-corrected chi connectivity index (χ3v) is 7.16. The molecule has 0 bridgehead atoms. The molecule has 11 nitrogen and oxygen atoms in total. The highest BCUT2D eigenvalue weighted by atomic mass is 19.1. The maximum absolute atomic E-state index is 15.6. The zero-order chi connectivity index (χ0) is 30.0. The maximum atomic E-state index is 15.6. The Kier molecular flexibility index (Phi) is 7.94. The van der Waals surface area contributed by atoms with Crippen molar-refractivity contribution in [3.8, 4) is 34.6 Å². The fraction of sp³-hybridized carbons (Fsp3) is 0.310. The van der Waals surface area contributed by atoms with Crippen molar-refractivity contribution in [2.45, 2.75) is 37.5 Å². The van der Waals surface area contributed by atoms with Crippen molar-refractivity contribution >= 4 is 18.0 Å². The van der Waals surface area contributed by atoms with Crippen LogP contribution in [0.4, 0.5) is 8.78 Å². The first kappa shape index (κ1) is 28.7. The largest absolute Gasteiger partial charge is 0.504 e. The van der Waals surface area contributed by atoms with Gasteiger partial charge in [0.05, 0.1) is 13.3 Å². The van der Waals surface area contributed by atoms with E-state index < -0.39 is 41.0 Å². The smallest absolute Gasteiger partial charge is 0.350 e. The molecule has 1 aromatic heterocycles. The van der Waals surface area contributed by atoms with E-state index in [4.69, 9.17) is 30.1 Å². The molecule has 1 saturated carbocycles. The number of methoxy groups -OCH3 is 1. The predicted octanol–water partition coefficient (Wildman–Crippen LogP) is 4.81. The highest BCUT2D eigenvalue weighted by Gasteiger charge is 2.45. The number of nitrogens with one attached hydrogen (secondary N) is 1. The van der Waals surface area contributed by atoms with Crippen LogP contribution in [-0.2, 0) is 9.53 Å². The van der Waals surface area contributed by atoms with Gasteiger partial charge >= 0.3 is 5.97 Å². The van der Waals surface area contributed by atoms with Crippen LogP contribution in [0, 0.1) is 17.0 Å². The molecule has 0 saturated heterocycles. The van der Waals surface area contributed by atoms with Gasteiger partial charge in [-0.15, -0.1) is 0 Å². The summed E-state index contributed by atoms with van der Waals surface area (Å²) in [6, 6.07) is 8.47. The first-order chi connectivity index (χ1) is 20.1. The second-order valence-electron chi connectivity index (χ2n) is 9.99. The van der Waals surface area contributed by atoms with Gasteiger partial charge in [-0.05, 0) is 69.1 Å². The average Bonchev–Trinajstić information content (AvgIpc) is 3.63. The zero-order valence-corrected chi connectivity index (χ0v) is 22.9. The summed E-state index contributed by atoms with van der Waals surface area (Å²) in [7, 11) is 3.14. The highest BCUT2D eigenvalue weighted by Crippen LogP contribution is 2.42. The molecule has 4 N–H and O–H groups in total. The summed E-state index contributed by atoms with van der Waals surface area (Å²) < 4.78 is 52.9. The second-order valence-corrected chi connectivity index (χ2v) is 9.99. The van der Waals surface area contributed by atoms with Gasteiger partial charge in [-0.2, -0.15) is 4.39 Å². The first-order valence-corrected chi connectivity index (χ1v) is 13.1. The number of pyridine rings is 1. The lowest BCUT2D eigenvalue weighted by atomic mass is 10.0. The SMILES string of the molecule is COC(=O)C1(Oc2ccc(Oc3c(F)cnc(Oc4cc(C(=N)N)ccc4O)c3F)c(C3N=CCN3C)c2)CCCC1. The molecule has 3 aromatic rings. The number of nitrogens with zero attached hydrogens (tertiary/aromatic N) is 3. The van der Waals surface area contributed by atoms with Crippen molar-refractivity contribution < 1.29 is 37.6 Å². The number of hydrogen-bond donors (Lipinski definition) is 3. The van der Waals surface area contributed by atoms with E-state index in [-0.39, 0.29) is 28.6 Å². The summed E-state index contributed by atoms with van der Waals surface area (Å²) in [5.41, 5.74) is 5.01. The standard InChI is InChI=1S/C29H29F2N5O6/c1-36-12-11-34-26(36)18-14-17(42-29(28(38)39-2)9-3-4-10-29)6-8-21(18)40-24-19(30)15-35-27(23(24)31)41-22-13-16(25(32)33)5-7-20(22)37/h5-8,11,13-15,26,37H,3-4,9-10,12H2,1-2H3,(H3,32,33). The number of esters is 1. The normalized spacial score (nSPS) is 17.7. The van der Waals surface area contributed by atoms with E-state index in [1.54, 1.807) is 18.3 Å². The maximum Gasteiger partial charge on any atom is 0.350 e. The van der Waals surface area contributed by atoms with E-state index in [0.29, 0.717) is 30.7 Å². The van der Waals surface area contributed by atoms with Crippen molar-refractivity contribution in [1.29, 1.82) is 5.41 Å². The van der Waals surface area contributed by atoms with Crippen LogP contribution < -0.4 is 19.9 Å². The van der Waals surface area contributed by atoms with Crippen molar-refractivity contribution in [3.05, 3.63) is 65.4 Å². The number of aromatic hydroxyl groups is 1. The molecule has 13 heteroatoms. The van der Waals surface area contributed by atoms with Crippen molar-refractivity contribution in [2.75, 3.05) is 20.7 Å². The number of benzene rings is 2. The molecule has 0 amide bonds. The van der Waals surface area contributed by atoms with Crippen molar-refractivity contribution in [1.82, 2.24) is 9.88 Å². The molecule has 2 aliphatic rings. The summed E-state index contributed by atoms with van der Waals surface area (Å²) in [5, 5.41) is 17.7. The highest BCUT2D eigenvalue weighted by molar-refractivity contribution is 5.95. The van der Waals surface area contributed by atoms with Gasteiger partial charge in [-0.25, -0.2) is 14.2 Å². The number of phenolic OH excluding ortho intramolecular Hbond substituents is 1. The van der Waals surface area contributed by atoms with Gasteiger partial charge in [0.15, 0.2) is 17.3 Å². The van der Waals surface area contributed by atoms with E-state index in [2.05, 4.69) is 9.98 Å². The number of carbonyl (C=O) groups is 1. The lowest BCUT2D eigenvalue weighted by Crippen LogP contribution is -2.42. The molecule has 0 spiro atoms. The van der Waals surface area contributed by atoms with E-state index in [9.17, 15) is 14.3 Å². The number of halogens is 2. The number of carbonyl (C=O) groups excluding carboxylic acids is 1. The molecule has 42 heavy (non-hydrogen) atoms. The van der Waals surface area contributed by atoms with Crippen LogP contribution in [0.25, 0.3) is 0 Å². The molecular weight excluding hydrogens is 552 g/mol. The van der Waals surface area contributed by atoms with Crippen molar-refractivity contribution in [3.63, 3.8) is 0 Å². The minimum absolute atomic E-state index is 0.0770. The monoisotopic (exact) mass is 581 g/mol. The third-order valence-electron chi connectivity index (χ3n) is 7.16. The van der Waals surface area contributed by atoms with Gasteiger partial charge in [0, 0.05) is 23.9 Å². The van der Waals surface area contributed by atoms with E-state index in [0.717, 1.165) is 19.0 Å². The Morgan fingerprint density at radius 1 is 1.14 bits per heavy atom. The fourth-order valence-electron chi connectivity index (χ4n) is 4.97. The molecule has 5 rings (SSSR count). The Morgan fingerprint density at radius 3 is 2.57 bits per heavy atom. The quantitative estimate of drug-likeness (QED) is 0.184. The molecule has 1 aliphatic heterocycles. The number of phenols is 1. The number of aromatic nitrogens is 1. The van der Waals surface area contributed by atoms with E-state index >= 15 is 4.39 Å². The Labute approximate surface area is 240 Å². The molecule has 2 aromatic carbocycles. The minimum atomic E-state index is -1.27. The number of hydrogen-bond acceptors (Lipinski definition) is 10. The Hall–Kier alpha value is -4.78. The van der Waals surface area contributed by atoms with Crippen LogP contribution in [0.5, 0.6) is 34.6 Å². The van der Waals surface area contributed by atoms with Crippen LogP contribution in [-0.4, -0.2) is 59.3 Å². The van der Waals surface area contributed by atoms with Crippen LogP contribution in [0.1, 0.15) is 43.0 Å². The molecule has 2 heterocycles. The summed E-state index contributed by atoms with van der Waals surface area (Å²) in [6.07, 6.45) is 4.47. The number of aliphatic imine (C=N–C) groups is 1. The Bertz CT molecular complexity index is 1560. The van der Waals surface area contributed by atoms with Crippen LogP contribution in [0.15, 0.2) is 47.6 Å². The Morgan fingerprint density at radius 2 is 1.90 bits per heavy atom. The minimum Gasteiger partial charge on any atom is -0.504 e. The summed E-state index contributed by atoms with van der Waals surface area (Å²) in [4.78, 5) is 22.6. The number of ether oxygens (including phenoxy) is 4. The third kappa shape index (κ3) is 5.55. The summed E-state index contributed by atoms with van der Waals surface area (Å²) in [6.45, 7) is 0.528. The lowest BCUT2D eigenvalue weighted by molar-refractivity contribution is -0.158. The number of rotatable bonds is 9. The molecule has 1 atom stereocenters. The predicted molar refractivity (Wildman–Crippen MR) is 148 cm³/mol. The summed E-state index contributed by atoms with van der Waals surface area (Å²) in [5.74, 6) is -4.83. The van der Waals surface area contributed by atoms with Crippen LogP contribution in [0.2, 0.25) is 0 Å². The lowest BCUT2D eigenvalue weighted by Gasteiger charge is -2.28. The topological polar surface area (TPSA) is 153 Å². The van der Waals surface area contributed by atoms with Gasteiger partial charge in [0.1, 0.15) is 23.5 Å². The van der Waals surface area contributed by atoms with E-state index in [1.165, 1.54) is 31.4 Å². The molecule has 1 unspecified atom stereocenters. The van der Waals surface area contributed by atoms with Crippen molar-refractivity contribution in [2.24, 2.45) is 10.7 Å². The molecule has 1 aliphatic carbocycles. The summed E-state index contributed by atoms with van der Waals surface area (Å²) >= 11 is 0. The molecule has 220 valence electrons. The number of nitrogen functional groups attached to an aromatic ring is 1. The van der Waals surface area contributed by atoms with Gasteiger partial charge in [0.2, 0.25) is 17.2 Å². The van der Waals surface area contributed by atoms with E-state index in [1.807, 2.05) is 11.9 Å². The van der Waals surface area contributed by atoms with Gasteiger partial charge in [-0.1, -0.05) is 0 Å². The van der Waals surface area contributed by atoms with Crippen LogP contribution in [0.3, 0.4) is 0 Å². The fourth-order valence-corrected chi connectivity index (χ4v) is 4.97. The van der Waals surface area contributed by atoms with Crippen LogP contribution >= 0.6 is 0 Å². The molecule has 0 radical (unpaired) electrons. The van der Waals surface area contributed by atoms with Gasteiger partial charge in [-0.3, -0.25) is 15.3 Å². The second kappa shape index (κ2) is 11.6. The van der Waals surface area contributed by atoms with Gasteiger partial charge in [0.25, 0.3) is 5.88 Å². The zero-order valence-electron chi connectivity index (χ0n) is 22.9. The number of nitrogens with two attached hydrogens (primary N) is 1. The average molecular weight is 582 g/mol.